The second kappa shape index (κ2) is 11.4. The molecule has 37 heavy (non-hydrogen) atoms. The fourth-order valence-electron chi connectivity index (χ4n) is 5.09. The van der Waals surface area contributed by atoms with E-state index in [1.54, 1.807) is 30.3 Å². The Bertz CT molecular complexity index is 1400. The highest BCUT2D eigenvalue weighted by molar-refractivity contribution is 7.89. The number of piperidine rings is 1. The number of sulfonamides is 1. The smallest absolute Gasteiger partial charge is 0.255 e. The molecule has 0 saturated carbocycles. The van der Waals surface area contributed by atoms with Gasteiger partial charge in [-0.3, -0.25) is 9.59 Å². The van der Waals surface area contributed by atoms with Crippen LogP contribution >= 0.6 is 0 Å². The van der Waals surface area contributed by atoms with E-state index >= 15 is 0 Å². The number of carbonyl (C=O) groups is 2. The van der Waals surface area contributed by atoms with Crippen LogP contribution in [-0.4, -0.2) is 44.3 Å². The van der Waals surface area contributed by atoms with E-state index in [9.17, 15) is 18.0 Å². The predicted octanol–water partition coefficient (Wildman–Crippen LogP) is 5.11. The first-order chi connectivity index (χ1) is 17.7. The van der Waals surface area contributed by atoms with Gasteiger partial charge in [0.05, 0.1) is 4.90 Å². The Morgan fingerprint density at radius 2 is 1.68 bits per heavy atom. The quantitative estimate of drug-likeness (QED) is 0.431. The maximum atomic E-state index is 13.6. The molecular weight excluding hydrogens is 486 g/mol. The zero-order chi connectivity index (χ0) is 26.6. The van der Waals surface area contributed by atoms with Crippen molar-refractivity contribution in [2.75, 3.05) is 18.4 Å². The summed E-state index contributed by atoms with van der Waals surface area (Å²) in [6.07, 6.45) is 2.67. The van der Waals surface area contributed by atoms with Gasteiger partial charge in [-0.15, -0.1) is 0 Å². The molecule has 2 atom stereocenters. The van der Waals surface area contributed by atoms with Crippen molar-refractivity contribution in [1.82, 2.24) is 9.62 Å². The molecule has 0 unspecified atom stereocenters. The lowest BCUT2D eigenvalue weighted by atomic mass is 9.90. The molecule has 0 spiro atoms. The SMILES string of the molecule is CCCC(=O)N1CC[C@H](NS(=O)(=O)c2ccc(NC(=O)c3ccccc3C)c3ccccc23)[C@H](CC)C1. The van der Waals surface area contributed by atoms with Gasteiger partial charge in [-0.1, -0.05) is 62.7 Å². The van der Waals surface area contributed by atoms with Crippen LogP contribution in [-0.2, 0) is 14.8 Å². The van der Waals surface area contributed by atoms with Crippen LogP contribution in [0.2, 0.25) is 0 Å². The zero-order valence-electron chi connectivity index (χ0n) is 21.7. The molecule has 2 amide bonds. The molecule has 4 rings (SSSR count). The summed E-state index contributed by atoms with van der Waals surface area (Å²) in [5.74, 6) is -0.0630. The molecule has 0 radical (unpaired) electrons. The van der Waals surface area contributed by atoms with Gasteiger partial charge in [0.1, 0.15) is 0 Å². The van der Waals surface area contributed by atoms with Crippen LogP contribution in [0.1, 0.15) is 55.5 Å². The fraction of sp³-hybridized carbons (Fsp3) is 0.379. The predicted molar refractivity (Wildman–Crippen MR) is 147 cm³/mol. The molecule has 1 heterocycles. The minimum Gasteiger partial charge on any atom is -0.342 e. The minimum absolute atomic E-state index is 0.0447. The molecule has 3 aromatic rings. The highest BCUT2D eigenvalue weighted by atomic mass is 32.2. The van der Waals surface area contributed by atoms with Crippen molar-refractivity contribution in [1.29, 1.82) is 0 Å². The summed E-state index contributed by atoms with van der Waals surface area (Å²) in [4.78, 5) is 27.4. The van der Waals surface area contributed by atoms with Crippen molar-refractivity contribution in [3.05, 3.63) is 71.8 Å². The first-order valence-electron chi connectivity index (χ1n) is 12.9. The van der Waals surface area contributed by atoms with Crippen molar-refractivity contribution in [2.24, 2.45) is 5.92 Å². The molecule has 2 N–H and O–H groups in total. The van der Waals surface area contributed by atoms with E-state index in [4.69, 9.17) is 0 Å². The monoisotopic (exact) mass is 521 g/mol. The molecule has 0 bridgehead atoms. The summed E-state index contributed by atoms with van der Waals surface area (Å²) in [5.41, 5.74) is 1.98. The van der Waals surface area contributed by atoms with Crippen LogP contribution in [0.25, 0.3) is 10.8 Å². The molecule has 1 aliphatic heterocycles. The fourth-order valence-corrected chi connectivity index (χ4v) is 6.64. The molecular formula is C29H35N3O4S. The van der Waals surface area contributed by atoms with Gasteiger partial charge in [0, 0.05) is 47.6 Å². The average Bonchev–Trinajstić information content (AvgIpc) is 2.89. The van der Waals surface area contributed by atoms with Crippen molar-refractivity contribution in [3.8, 4) is 0 Å². The normalized spacial score (nSPS) is 18.1. The van der Waals surface area contributed by atoms with Gasteiger partial charge >= 0.3 is 0 Å². The standard InChI is InChI=1S/C29H35N3O4S/c1-4-10-28(33)32-18-17-25(21(5-2)19-32)31-37(35,36)27-16-15-26(23-13-8-9-14-24(23)27)30-29(34)22-12-7-6-11-20(22)3/h6-9,11-16,21,25,31H,4-5,10,17-19H2,1-3H3,(H,30,34)/t21-,25+/m1/s1. The number of carbonyl (C=O) groups excluding carboxylic acids is 2. The summed E-state index contributed by atoms with van der Waals surface area (Å²) >= 11 is 0. The van der Waals surface area contributed by atoms with E-state index in [-0.39, 0.29) is 28.7 Å². The van der Waals surface area contributed by atoms with Crippen LogP contribution in [0.15, 0.2) is 65.6 Å². The number of hydrogen-bond acceptors (Lipinski definition) is 4. The van der Waals surface area contributed by atoms with Crippen LogP contribution in [0.5, 0.6) is 0 Å². The molecule has 7 nitrogen and oxygen atoms in total. The van der Waals surface area contributed by atoms with Crippen molar-refractivity contribution < 1.29 is 18.0 Å². The number of hydrogen-bond donors (Lipinski definition) is 2. The van der Waals surface area contributed by atoms with Crippen LogP contribution < -0.4 is 10.0 Å². The van der Waals surface area contributed by atoms with Gasteiger partial charge in [0.15, 0.2) is 0 Å². The van der Waals surface area contributed by atoms with Crippen molar-refractivity contribution in [2.45, 2.75) is 57.4 Å². The van der Waals surface area contributed by atoms with Gasteiger partial charge in [-0.25, -0.2) is 13.1 Å². The lowest BCUT2D eigenvalue weighted by Crippen LogP contribution is -2.52. The van der Waals surface area contributed by atoms with Crippen molar-refractivity contribution in [3.63, 3.8) is 0 Å². The number of fused-ring (bicyclic) bond motifs is 1. The topological polar surface area (TPSA) is 95.6 Å². The Morgan fingerprint density at radius 1 is 0.973 bits per heavy atom. The molecule has 1 aliphatic rings. The van der Waals surface area contributed by atoms with Gasteiger partial charge < -0.3 is 10.2 Å². The van der Waals surface area contributed by atoms with E-state index in [0.29, 0.717) is 48.0 Å². The van der Waals surface area contributed by atoms with E-state index in [0.717, 1.165) is 18.4 Å². The van der Waals surface area contributed by atoms with Crippen LogP contribution in [0.4, 0.5) is 5.69 Å². The van der Waals surface area contributed by atoms with E-state index < -0.39 is 10.0 Å². The van der Waals surface area contributed by atoms with Crippen LogP contribution in [0, 0.1) is 12.8 Å². The minimum atomic E-state index is -3.85. The summed E-state index contributed by atoms with van der Waals surface area (Å²) in [5, 5.41) is 4.15. The van der Waals surface area contributed by atoms with E-state index in [1.165, 1.54) is 0 Å². The number of aryl methyl sites for hydroxylation is 1. The second-order valence-corrected chi connectivity index (χ2v) is 11.4. The van der Waals surface area contributed by atoms with Crippen LogP contribution in [0.3, 0.4) is 0 Å². The molecule has 0 aliphatic carbocycles. The molecule has 1 fully saturated rings. The lowest BCUT2D eigenvalue weighted by molar-refractivity contribution is -0.133. The maximum absolute atomic E-state index is 13.6. The van der Waals surface area contributed by atoms with Gasteiger partial charge in [-0.2, -0.15) is 0 Å². The first kappa shape index (κ1) is 26.8. The highest BCUT2D eigenvalue weighted by Crippen LogP contribution is 2.31. The molecule has 0 aromatic heterocycles. The number of anilines is 1. The Morgan fingerprint density at radius 3 is 2.38 bits per heavy atom. The summed E-state index contributed by atoms with van der Waals surface area (Å²) in [6.45, 7) is 7.00. The van der Waals surface area contributed by atoms with Gasteiger partial charge in [0.25, 0.3) is 5.91 Å². The first-order valence-corrected chi connectivity index (χ1v) is 14.4. The second-order valence-electron chi connectivity index (χ2n) is 9.70. The molecule has 3 aromatic carbocycles. The summed E-state index contributed by atoms with van der Waals surface area (Å²) < 4.78 is 30.2. The number of nitrogens with one attached hydrogen (secondary N) is 2. The third-order valence-electron chi connectivity index (χ3n) is 7.19. The number of nitrogens with zero attached hydrogens (tertiary/aromatic N) is 1. The largest absolute Gasteiger partial charge is 0.342 e. The summed E-state index contributed by atoms with van der Waals surface area (Å²) in [6, 6.07) is 17.5. The summed E-state index contributed by atoms with van der Waals surface area (Å²) in [7, 11) is -3.85. The molecule has 1 saturated heterocycles. The van der Waals surface area contributed by atoms with E-state index in [1.807, 2.05) is 56.0 Å². The Balaban J connectivity index is 1.59. The van der Waals surface area contributed by atoms with E-state index in [2.05, 4.69) is 10.0 Å². The number of benzene rings is 3. The zero-order valence-corrected chi connectivity index (χ0v) is 22.5. The lowest BCUT2D eigenvalue weighted by Gasteiger charge is -2.38. The maximum Gasteiger partial charge on any atom is 0.255 e. The third-order valence-corrected chi connectivity index (χ3v) is 8.74. The van der Waals surface area contributed by atoms with Gasteiger partial charge in [-0.05, 0) is 49.4 Å². The Hall–Kier alpha value is -3.23. The molecule has 8 heteroatoms. The Labute approximate surface area is 219 Å². The average molecular weight is 522 g/mol. The van der Waals surface area contributed by atoms with Gasteiger partial charge in [0.2, 0.25) is 15.9 Å². The molecule has 196 valence electrons. The number of amides is 2. The van der Waals surface area contributed by atoms with Crippen molar-refractivity contribution >= 4 is 38.3 Å². The number of rotatable bonds is 8. The third kappa shape index (κ3) is 5.86. The Kier molecular flexibility index (Phi) is 8.29. The highest BCUT2D eigenvalue weighted by Gasteiger charge is 2.33. The number of likely N-dealkylation sites (tertiary alicyclic amines) is 1.